The predicted molar refractivity (Wildman–Crippen MR) is 62.4 cm³/mol. The van der Waals surface area contributed by atoms with E-state index in [1.165, 1.54) is 0 Å². The van der Waals surface area contributed by atoms with Crippen LogP contribution in [0.2, 0.25) is 0 Å². The van der Waals surface area contributed by atoms with Crippen LogP contribution in [0.15, 0.2) is 18.5 Å². The maximum absolute atomic E-state index is 5.82. The van der Waals surface area contributed by atoms with Gasteiger partial charge in [-0.05, 0) is 18.9 Å². The van der Waals surface area contributed by atoms with Gasteiger partial charge in [-0.25, -0.2) is 14.6 Å². The van der Waals surface area contributed by atoms with E-state index in [1.54, 1.807) is 10.9 Å². The Morgan fingerprint density at radius 2 is 2.12 bits per heavy atom. The van der Waals surface area contributed by atoms with Gasteiger partial charge in [0.15, 0.2) is 0 Å². The lowest BCUT2D eigenvalue weighted by molar-refractivity contribution is 0.755. The first-order valence-electron chi connectivity index (χ1n) is 5.23. The summed E-state index contributed by atoms with van der Waals surface area (Å²) < 4.78 is 1.65. The van der Waals surface area contributed by atoms with Gasteiger partial charge < -0.3 is 5.73 Å². The molecule has 0 saturated carbocycles. The first-order valence-corrected chi connectivity index (χ1v) is 5.23. The van der Waals surface area contributed by atoms with E-state index in [1.807, 2.05) is 19.2 Å². The first-order chi connectivity index (χ1) is 7.58. The third-order valence-corrected chi connectivity index (χ3v) is 2.31. The Morgan fingerprint density at radius 3 is 2.69 bits per heavy atom. The number of aromatic nitrogens is 4. The molecule has 0 spiro atoms. The summed E-state index contributed by atoms with van der Waals surface area (Å²) in [6, 6.07) is 1.91. The SMILES string of the molecule is Cc1ccn(-c2ncc(N)c(C(C)C)n2)n1. The van der Waals surface area contributed by atoms with Crippen molar-refractivity contribution in [3.05, 3.63) is 29.8 Å². The molecule has 0 aliphatic carbocycles. The topological polar surface area (TPSA) is 69.6 Å². The van der Waals surface area contributed by atoms with Crippen LogP contribution in [-0.2, 0) is 0 Å². The number of anilines is 1. The normalized spacial score (nSPS) is 11.0. The summed E-state index contributed by atoms with van der Waals surface area (Å²) in [4.78, 5) is 8.59. The summed E-state index contributed by atoms with van der Waals surface area (Å²) in [5.74, 6) is 0.837. The molecule has 0 aliphatic rings. The van der Waals surface area contributed by atoms with Gasteiger partial charge in [-0.15, -0.1) is 0 Å². The van der Waals surface area contributed by atoms with Crippen molar-refractivity contribution in [1.29, 1.82) is 0 Å². The van der Waals surface area contributed by atoms with Crippen LogP contribution in [0, 0.1) is 6.92 Å². The lowest BCUT2D eigenvalue weighted by atomic mass is 10.1. The molecular formula is C11H15N5. The molecule has 2 heterocycles. The van der Waals surface area contributed by atoms with Gasteiger partial charge in [0.25, 0.3) is 5.95 Å². The highest BCUT2D eigenvalue weighted by atomic mass is 15.3. The average molecular weight is 217 g/mol. The van der Waals surface area contributed by atoms with Gasteiger partial charge in [0.1, 0.15) is 0 Å². The van der Waals surface area contributed by atoms with Crippen molar-refractivity contribution < 1.29 is 0 Å². The van der Waals surface area contributed by atoms with E-state index >= 15 is 0 Å². The summed E-state index contributed by atoms with van der Waals surface area (Å²) in [5.41, 5.74) is 8.24. The Bertz CT molecular complexity index is 501. The van der Waals surface area contributed by atoms with E-state index in [0.717, 1.165) is 11.4 Å². The molecular weight excluding hydrogens is 202 g/mol. The molecule has 2 aromatic rings. The van der Waals surface area contributed by atoms with Crippen molar-refractivity contribution in [2.75, 3.05) is 5.73 Å². The molecule has 84 valence electrons. The van der Waals surface area contributed by atoms with Gasteiger partial charge in [-0.2, -0.15) is 5.10 Å². The maximum Gasteiger partial charge on any atom is 0.250 e. The zero-order chi connectivity index (χ0) is 11.7. The van der Waals surface area contributed by atoms with Crippen LogP contribution in [0.3, 0.4) is 0 Å². The zero-order valence-corrected chi connectivity index (χ0v) is 9.68. The molecule has 2 rings (SSSR count). The van der Waals surface area contributed by atoms with Gasteiger partial charge in [0.2, 0.25) is 0 Å². The average Bonchev–Trinajstić information content (AvgIpc) is 2.65. The minimum absolute atomic E-state index is 0.276. The van der Waals surface area contributed by atoms with E-state index in [9.17, 15) is 0 Å². The second-order valence-corrected chi connectivity index (χ2v) is 4.07. The number of rotatable bonds is 2. The molecule has 0 radical (unpaired) electrons. The highest BCUT2D eigenvalue weighted by Crippen LogP contribution is 2.18. The van der Waals surface area contributed by atoms with Crippen molar-refractivity contribution in [2.24, 2.45) is 0 Å². The minimum atomic E-state index is 0.276. The fraction of sp³-hybridized carbons (Fsp3) is 0.364. The maximum atomic E-state index is 5.82. The first kappa shape index (κ1) is 10.6. The summed E-state index contributed by atoms with van der Waals surface area (Å²) in [7, 11) is 0. The van der Waals surface area contributed by atoms with Crippen molar-refractivity contribution in [2.45, 2.75) is 26.7 Å². The number of nitrogens with two attached hydrogens (primary N) is 1. The highest BCUT2D eigenvalue weighted by molar-refractivity contribution is 5.43. The van der Waals surface area contributed by atoms with Crippen LogP contribution in [-0.4, -0.2) is 19.7 Å². The van der Waals surface area contributed by atoms with Crippen molar-refractivity contribution in [3.63, 3.8) is 0 Å². The number of aryl methyl sites for hydroxylation is 1. The third kappa shape index (κ3) is 1.88. The van der Waals surface area contributed by atoms with Gasteiger partial charge in [0, 0.05) is 6.20 Å². The molecule has 0 aliphatic heterocycles. The van der Waals surface area contributed by atoms with Gasteiger partial charge >= 0.3 is 0 Å². The van der Waals surface area contributed by atoms with Crippen LogP contribution >= 0.6 is 0 Å². The zero-order valence-electron chi connectivity index (χ0n) is 9.68. The van der Waals surface area contributed by atoms with E-state index in [-0.39, 0.29) is 5.92 Å². The monoisotopic (exact) mass is 217 g/mol. The van der Waals surface area contributed by atoms with E-state index in [0.29, 0.717) is 11.6 Å². The van der Waals surface area contributed by atoms with Gasteiger partial charge in [-0.3, -0.25) is 0 Å². The van der Waals surface area contributed by atoms with E-state index in [2.05, 4.69) is 28.9 Å². The summed E-state index contributed by atoms with van der Waals surface area (Å²) >= 11 is 0. The third-order valence-electron chi connectivity index (χ3n) is 2.31. The molecule has 2 N–H and O–H groups in total. The van der Waals surface area contributed by atoms with Crippen molar-refractivity contribution in [1.82, 2.24) is 19.7 Å². The molecule has 0 unspecified atom stereocenters. The summed E-state index contributed by atoms with van der Waals surface area (Å²) in [5, 5.41) is 4.26. The summed E-state index contributed by atoms with van der Waals surface area (Å²) in [6.07, 6.45) is 3.47. The second kappa shape index (κ2) is 3.92. The molecule has 0 bridgehead atoms. The number of hydrogen-bond acceptors (Lipinski definition) is 4. The molecule has 16 heavy (non-hydrogen) atoms. The Balaban J connectivity index is 2.47. The molecule has 5 heteroatoms. The lowest BCUT2D eigenvalue weighted by Crippen LogP contribution is -2.08. The standard InChI is InChI=1S/C11H15N5/c1-7(2)10-9(12)6-13-11(14-10)16-5-4-8(3)15-16/h4-7H,12H2,1-3H3. The Labute approximate surface area is 94.3 Å². The fourth-order valence-electron chi connectivity index (χ4n) is 1.49. The molecule has 0 amide bonds. The van der Waals surface area contributed by atoms with Gasteiger partial charge in [-0.1, -0.05) is 13.8 Å². The van der Waals surface area contributed by atoms with Crippen molar-refractivity contribution >= 4 is 5.69 Å². The van der Waals surface area contributed by atoms with Crippen LogP contribution < -0.4 is 5.73 Å². The quantitative estimate of drug-likeness (QED) is 0.830. The van der Waals surface area contributed by atoms with E-state index < -0.39 is 0 Å². The molecule has 0 saturated heterocycles. The molecule has 0 aromatic carbocycles. The van der Waals surface area contributed by atoms with Crippen LogP contribution in [0.25, 0.3) is 5.95 Å². The van der Waals surface area contributed by atoms with Crippen LogP contribution in [0.1, 0.15) is 31.2 Å². The Kier molecular flexibility index (Phi) is 2.60. The molecule has 5 nitrogen and oxygen atoms in total. The largest absolute Gasteiger partial charge is 0.396 e. The number of nitrogens with zero attached hydrogens (tertiary/aromatic N) is 4. The minimum Gasteiger partial charge on any atom is -0.396 e. The Hall–Kier alpha value is -1.91. The van der Waals surface area contributed by atoms with E-state index in [4.69, 9.17) is 5.73 Å². The van der Waals surface area contributed by atoms with Gasteiger partial charge in [0.05, 0.1) is 23.3 Å². The number of nitrogen functional groups attached to an aromatic ring is 1. The second-order valence-electron chi connectivity index (χ2n) is 4.07. The highest BCUT2D eigenvalue weighted by Gasteiger charge is 2.09. The summed E-state index contributed by atoms with van der Waals surface area (Å²) in [6.45, 7) is 6.03. The molecule has 2 aromatic heterocycles. The Morgan fingerprint density at radius 1 is 1.38 bits per heavy atom. The van der Waals surface area contributed by atoms with Crippen LogP contribution in [0.4, 0.5) is 5.69 Å². The molecule has 0 atom stereocenters. The predicted octanol–water partition coefficient (Wildman–Crippen LogP) is 1.68. The van der Waals surface area contributed by atoms with Crippen LogP contribution in [0.5, 0.6) is 0 Å². The van der Waals surface area contributed by atoms with Crippen molar-refractivity contribution in [3.8, 4) is 5.95 Å². The smallest absolute Gasteiger partial charge is 0.250 e. The fourth-order valence-corrected chi connectivity index (χ4v) is 1.49. The number of hydrogen-bond donors (Lipinski definition) is 1. The lowest BCUT2D eigenvalue weighted by Gasteiger charge is -2.09. The molecule has 0 fully saturated rings.